The van der Waals surface area contributed by atoms with E-state index in [0.717, 1.165) is 24.2 Å². The van der Waals surface area contributed by atoms with Crippen LogP contribution in [0.3, 0.4) is 0 Å². The fourth-order valence-electron chi connectivity index (χ4n) is 2.11. The van der Waals surface area contributed by atoms with Crippen molar-refractivity contribution in [3.63, 3.8) is 0 Å². The minimum absolute atomic E-state index is 0.0160. The molecule has 0 spiro atoms. The maximum atomic E-state index is 11.9. The molecule has 18 heavy (non-hydrogen) atoms. The van der Waals surface area contributed by atoms with E-state index in [4.69, 9.17) is 0 Å². The Morgan fingerprint density at radius 1 is 1.39 bits per heavy atom. The smallest absolute Gasteiger partial charge is 0.233 e. The average molecular weight is 244 g/mol. The molecule has 3 nitrogen and oxygen atoms in total. The van der Waals surface area contributed by atoms with Crippen LogP contribution in [0.15, 0.2) is 30.6 Å². The summed E-state index contributed by atoms with van der Waals surface area (Å²) in [4.78, 5) is 16.3. The van der Waals surface area contributed by atoms with Crippen LogP contribution in [0.5, 0.6) is 0 Å². The van der Waals surface area contributed by atoms with Gasteiger partial charge in [0.1, 0.15) is 0 Å². The van der Waals surface area contributed by atoms with Gasteiger partial charge in [-0.25, -0.2) is 0 Å². The van der Waals surface area contributed by atoms with Gasteiger partial charge in [-0.1, -0.05) is 33.4 Å². The molecule has 1 aliphatic rings. The predicted molar refractivity (Wildman–Crippen MR) is 72.2 cm³/mol. The number of carbonyl (C=O) groups excluding carboxylic acids is 1. The fraction of sp³-hybridized carbons (Fsp3) is 0.467. The molecule has 1 saturated heterocycles. The van der Waals surface area contributed by atoms with Crippen LogP contribution in [0, 0.1) is 0 Å². The van der Waals surface area contributed by atoms with Crippen LogP contribution in [0.4, 0.5) is 0 Å². The molecule has 1 amide bonds. The number of hydrogen-bond donors (Lipinski definition) is 1. The zero-order chi connectivity index (χ0) is 13.3. The molecule has 1 N–H and O–H groups in total. The number of hydrogen-bond acceptors (Lipinski definition) is 2. The molecule has 1 aromatic heterocycles. The quantitative estimate of drug-likeness (QED) is 0.825. The van der Waals surface area contributed by atoms with Crippen molar-refractivity contribution >= 4 is 5.91 Å². The Morgan fingerprint density at radius 3 is 2.61 bits per heavy atom. The predicted octanol–water partition coefficient (Wildman–Crippen LogP) is 2.89. The van der Waals surface area contributed by atoms with Crippen molar-refractivity contribution in [2.45, 2.75) is 44.9 Å². The molecule has 0 aliphatic carbocycles. The molecule has 3 heteroatoms. The maximum absolute atomic E-state index is 11.9. The van der Waals surface area contributed by atoms with E-state index in [2.05, 4.69) is 43.7 Å². The van der Waals surface area contributed by atoms with Crippen LogP contribution in [0.2, 0.25) is 0 Å². The topological polar surface area (TPSA) is 42.0 Å². The average Bonchev–Trinajstić information content (AvgIpc) is 2.28. The van der Waals surface area contributed by atoms with E-state index in [-0.39, 0.29) is 17.2 Å². The summed E-state index contributed by atoms with van der Waals surface area (Å²) >= 11 is 0. The summed E-state index contributed by atoms with van der Waals surface area (Å²) in [6, 6.07) is 4.04. The molecule has 96 valence electrons. The first-order valence-electron chi connectivity index (χ1n) is 6.33. The molecule has 0 radical (unpaired) electrons. The van der Waals surface area contributed by atoms with Gasteiger partial charge in [0.05, 0.1) is 11.6 Å². The number of aromatic nitrogens is 1. The van der Waals surface area contributed by atoms with Crippen molar-refractivity contribution in [1.82, 2.24) is 10.3 Å². The second-order valence-electron chi connectivity index (χ2n) is 5.91. The van der Waals surface area contributed by atoms with Crippen molar-refractivity contribution in [1.29, 1.82) is 0 Å². The summed E-state index contributed by atoms with van der Waals surface area (Å²) in [5, 5.41) is 2.80. The van der Waals surface area contributed by atoms with Gasteiger partial charge in [0.2, 0.25) is 5.91 Å². The Kier molecular flexibility index (Phi) is 3.24. The lowest BCUT2D eigenvalue weighted by atomic mass is 9.87. The lowest BCUT2D eigenvalue weighted by Gasteiger charge is -2.24. The molecular weight excluding hydrogens is 224 g/mol. The minimum atomic E-state index is -0.135. The fourth-order valence-corrected chi connectivity index (χ4v) is 2.11. The van der Waals surface area contributed by atoms with Crippen molar-refractivity contribution in [2.75, 3.05) is 0 Å². The van der Waals surface area contributed by atoms with Crippen LogP contribution in [0.1, 0.15) is 50.8 Å². The highest BCUT2D eigenvalue weighted by Crippen LogP contribution is 2.27. The first-order valence-corrected chi connectivity index (χ1v) is 6.33. The Hall–Kier alpha value is -1.64. The SMILES string of the molecule is C=C1CCC(c2ccc(C(C)(C)C)cn2)C(=O)N1. The van der Waals surface area contributed by atoms with Crippen molar-refractivity contribution < 1.29 is 4.79 Å². The maximum Gasteiger partial charge on any atom is 0.233 e. The third-order valence-corrected chi connectivity index (χ3v) is 3.36. The van der Waals surface area contributed by atoms with E-state index in [9.17, 15) is 4.79 Å². The van der Waals surface area contributed by atoms with Gasteiger partial charge in [-0.15, -0.1) is 0 Å². The van der Waals surface area contributed by atoms with Crippen molar-refractivity contribution in [2.24, 2.45) is 0 Å². The summed E-state index contributed by atoms with van der Waals surface area (Å²) in [7, 11) is 0. The third kappa shape index (κ3) is 2.61. The van der Waals surface area contributed by atoms with Crippen molar-refractivity contribution in [3.05, 3.63) is 41.9 Å². The molecular formula is C15H20N2O. The molecule has 2 heterocycles. The van der Waals surface area contributed by atoms with E-state index >= 15 is 0 Å². The van der Waals surface area contributed by atoms with Gasteiger partial charge in [0.15, 0.2) is 0 Å². The largest absolute Gasteiger partial charge is 0.330 e. The van der Waals surface area contributed by atoms with Gasteiger partial charge in [-0.05, 0) is 29.9 Å². The number of rotatable bonds is 1. The van der Waals surface area contributed by atoms with E-state index in [1.54, 1.807) is 0 Å². The molecule has 1 fully saturated rings. The van der Waals surface area contributed by atoms with E-state index in [0.29, 0.717) is 0 Å². The van der Waals surface area contributed by atoms with Gasteiger partial charge in [0, 0.05) is 11.9 Å². The third-order valence-electron chi connectivity index (χ3n) is 3.36. The highest BCUT2D eigenvalue weighted by molar-refractivity contribution is 5.85. The Balaban J connectivity index is 2.20. The molecule has 1 aliphatic heterocycles. The molecule has 1 aromatic rings. The second kappa shape index (κ2) is 4.56. The number of nitrogens with zero attached hydrogens (tertiary/aromatic N) is 1. The van der Waals surface area contributed by atoms with Gasteiger partial charge in [-0.3, -0.25) is 9.78 Å². The molecule has 0 saturated carbocycles. The van der Waals surface area contributed by atoms with Gasteiger partial charge in [-0.2, -0.15) is 0 Å². The molecule has 0 bridgehead atoms. The highest BCUT2D eigenvalue weighted by atomic mass is 16.2. The number of carbonyl (C=O) groups is 1. The number of amides is 1. The van der Waals surface area contributed by atoms with E-state index < -0.39 is 0 Å². The molecule has 2 rings (SSSR count). The number of allylic oxidation sites excluding steroid dienone is 1. The van der Waals surface area contributed by atoms with E-state index in [1.165, 1.54) is 5.56 Å². The Morgan fingerprint density at radius 2 is 2.11 bits per heavy atom. The van der Waals surface area contributed by atoms with Gasteiger partial charge >= 0.3 is 0 Å². The lowest BCUT2D eigenvalue weighted by molar-refractivity contribution is -0.122. The summed E-state index contributed by atoms with van der Waals surface area (Å²) in [5.41, 5.74) is 2.94. The standard InChI is InChI=1S/C15H20N2O/c1-10-5-7-12(14(18)17-10)13-8-6-11(9-16-13)15(2,3)4/h6,8-9,12H,1,5,7H2,2-4H3,(H,17,18). The summed E-state index contributed by atoms with van der Waals surface area (Å²) in [6.45, 7) is 10.2. The molecule has 1 atom stereocenters. The monoisotopic (exact) mass is 244 g/mol. The zero-order valence-corrected chi connectivity index (χ0v) is 11.3. The van der Waals surface area contributed by atoms with Crippen LogP contribution in [0.25, 0.3) is 0 Å². The van der Waals surface area contributed by atoms with Crippen LogP contribution in [-0.4, -0.2) is 10.9 Å². The molecule has 1 unspecified atom stereocenters. The van der Waals surface area contributed by atoms with Crippen LogP contribution < -0.4 is 5.32 Å². The van der Waals surface area contributed by atoms with E-state index in [1.807, 2.05) is 12.3 Å². The van der Waals surface area contributed by atoms with Crippen LogP contribution >= 0.6 is 0 Å². The molecule has 0 aromatic carbocycles. The Labute approximate surface area is 108 Å². The van der Waals surface area contributed by atoms with Crippen molar-refractivity contribution in [3.8, 4) is 0 Å². The second-order valence-corrected chi connectivity index (χ2v) is 5.91. The number of nitrogens with one attached hydrogen (secondary N) is 1. The van der Waals surface area contributed by atoms with Gasteiger partial charge < -0.3 is 5.32 Å². The van der Waals surface area contributed by atoms with Gasteiger partial charge in [0.25, 0.3) is 0 Å². The normalized spacial score (nSPS) is 20.7. The minimum Gasteiger partial charge on any atom is -0.330 e. The first kappa shape index (κ1) is 12.8. The van der Waals surface area contributed by atoms with Crippen LogP contribution in [-0.2, 0) is 10.2 Å². The first-order chi connectivity index (χ1) is 8.38. The Bertz CT molecular complexity index is 468. The summed E-state index contributed by atoms with van der Waals surface area (Å²) in [5.74, 6) is -0.119. The summed E-state index contributed by atoms with van der Waals surface area (Å²) in [6.07, 6.45) is 3.51. The zero-order valence-electron chi connectivity index (χ0n) is 11.3. The number of pyridine rings is 1. The highest BCUT2D eigenvalue weighted by Gasteiger charge is 2.26. The lowest BCUT2D eigenvalue weighted by Crippen LogP contribution is -2.33. The summed E-state index contributed by atoms with van der Waals surface area (Å²) < 4.78 is 0. The number of piperidine rings is 1.